The Labute approximate surface area is 110 Å². The summed E-state index contributed by atoms with van der Waals surface area (Å²) in [5.41, 5.74) is 0.619. The molecule has 1 saturated heterocycles. The van der Waals surface area contributed by atoms with Crippen molar-refractivity contribution in [1.29, 1.82) is 0 Å². The van der Waals surface area contributed by atoms with Crippen LogP contribution >= 0.6 is 23.2 Å². The second-order valence-electron chi connectivity index (χ2n) is 3.96. The molecule has 0 unspecified atom stereocenters. The average molecular weight is 277 g/mol. The predicted octanol–water partition coefficient (Wildman–Crippen LogP) is 3.04. The number of halogens is 2. The fourth-order valence-corrected chi connectivity index (χ4v) is 2.40. The highest BCUT2D eigenvalue weighted by Gasteiger charge is 2.19. The van der Waals surface area contributed by atoms with Crippen LogP contribution in [0.4, 0.5) is 0 Å². The van der Waals surface area contributed by atoms with Crippen LogP contribution in [0.5, 0.6) is 5.75 Å². The minimum absolute atomic E-state index is 0.0905. The van der Waals surface area contributed by atoms with E-state index >= 15 is 0 Å². The van der Waals surface area contributed by atoms with Gasteiger partial charge in [-0.05, 0) is 12.1 Å². The van der Waals surface area contributed by atoms with Gasteiger partial charge in [0.15, 0.2) is 0 Å². The summed E-state index contributed by atoms with van der Waals surface area (Å²) in [5.74, 6) is 0.533. The highest BCUT2D eigenvalue weighted by Crippen LogP contribution is 2.34. The molecule has 1 heterocycles. The molecule has 17 heavy (non-hydrogen) atoms. The number of hydrogen-bond donors (Lipinski definition) is 1. The lowest BCUT2D eigenvalue weighted by atomic mass is 10.1. The zero-order chi connectivity index (χ0) is 12.3. The molecule has 1 aliphatic rings. The van der Waals surface area contributed by atoms with Crippen molar-refractivity contribution < 1.29 is 14.6 Å². The van der Waals surface area contributed by atoms with Crippen molar-refractivity contribution >= 4 is 23.2 Å². The van der Waals surface area contributed by atoms with Crippen LogP contribution < -0.4 is 4.74 Å². The van der Waals surface area contributed by atoms with Gasteiger partial charge in [0.2, 0.25) is 0 Å². The van der Waals surface area contributed by atoms with E-state index in [0.29, 0.717) is 34.6 Å². The van der Waals surface area contributed by atoms with E-state index in [1.807, 2.05) is 0 Å². The van der Waals surface area contributed by atoms with Gasteiger partial charge in [-0.1, -0.05) is 23.2 Å². The molecule has 0 aliphatic carbocycles. The molecule has 0 amide bonds. The van der Waals surface area contributed by atoms with Crippen LogP contribution in [0.2, 0.25) is 10.0 Å². The molecule has 0 spiro atoms. The van der Waals surface area contributed by atoms with Gasteiger partial charge in [0.05, 0.1) is 24.8 Å². The number of aliphatic hydroxyl groups is 1. The minimum Gasteiger partial charge on any atom is -0.488 e. The van der Waals surface area contributed by atoms with Crippen molar-refractivity contribution in [1.82, 2.24) is 0 Å². The van der Waals surface area contributed by atoms with Gasteiger partial charge >= 0.3 is 0 Å². The van der Waals surface area contributed by atoms with E-state index in [-0.39, 0.29) is 12.7 Å². The Bertz CT molecular complexity index is 390. The Morgan fingerprint density at radius 2 is 2.00 bits per heavy atom. The summed E-state index contributed by atoms with van der Waals surface area (Å²) in [6.45, 7) is 1.26. The predicted molar refractivity (Wildman–Crippen MR) is 66.9 cm³/mol. The van der Waals surface area contributed by atoms with Crippen LogP contribution in [0.1, 0.15) is 18.4 Å². The largest absolute Gasteiger partial charge is 0.488 e. The van der Waals surface area contributed by atoms with Crippen LogP contribution in [0, 0.1) is 0 Å². The Kier molecular flexibility index (Phi) is 4.51. The van der Waals surface area contributed by atoms with Crippen molar-refractivity contribution in [2.45, 2.75) is 25.6 Å². The van der Waals surface area contributed by atoms with Crippen molar-refractivity contribution in [2.75, 3.05) is 13.2 Å². The molecule has 0 radical (unpaired) electrons. The quantitative estimate of drug-likeness (QED) is 0.922. The third kappa shape index (κ3) is 3.26. The Hall–Kier alpha value is -0.480. The SMILES string of the molecule is OCc1cc(Cl)cc(Cl)c1OC1CCOCC1. The maximum absolute atomic E-state index is 9.27. The maximum Gasteiger partial charge on any atom is 0.143 e. The first-order valence-electron chi connectivity index (χ1n) is 5.54. The lowest BCUT2D eigenvalue weighted by Crippen LogP contribution is -2.26. The smallest absolute Gasteiger partial charge is 0.143 e. The number of rotatable bonds is 3. The molecule has 3 nitrogen and oxygen atoms in total. The van der Waals surface area contributed by atoms with Gasteiger partial charge in [0, 0.05) is 23.4 Å². The third-order valence-corrected chi connectivity index (χ3v) is 3.21. The Morgan fingerprint density at radius 3 is 2.65 bits per heavy atom. The first-order valence-corrected chi connectivity index (χ1v) is 6.29. The maximum atomic E-state index is 9.27. The number of benzene rings is 1. The molecule has 1 aromatic carbocycles. The van der Waals surface area contributed by atoms with E-state index in [9.17, 15) is 5.11 Å². The minimum atomic E-state index is -0.140. The molecule has 1 aliphatic heterocycles. The molecule has 1 N–H and O–H groups in total. The lowest BCUT2D eigenvalue weighted by molar-refractivity contribution is 0.0248. The van der Waals surface area contributed by atoms with Gasteiger partial charge in [0.1, 0.15) is 11.9 Å². The second kappa shape index (κ2) is 5.91. The lowest BCUT2D eigenvalue weighted by Gasteiger charge is -2.25. The Morgan fingerprint density at radius 1 is 1.29 bits per heavy atom. The molecule has 1 aromatic rings. The second-order valence-corrected chi connectivity index (χ2v) is 4.81. The highest BCUT2D eigenvalue weighted by atomic mass is 35.5. The van der Waals surface area contributed by atoms with Crippen LogP contribution in [-0.4, -0.2) is 24.4 Å². The first kappa shape index (κ1) is 13.0. The fraction of sp³-hybridized carbons (Fsp3) is 0.500. The first-order chi connectivity index (χ1) is 8.20. The van der Waals surface area contributed by atoms with Crippen LogP contribution in [0.3, 0.4) is 0 Å². The van der Waals surface area contributed by atoms with Crippen molar-refractivity contribution in [3.8, 4) is 5.75 Å². The molecule has 0 bridgehead atoms. The van der Waals surface area contributed by atoms with E-state index < -0.39 is 0 Å². The van der Waals surface area contributed by atoms with Gasteiger partial charge in [0.25, 0.3) is 0 Å². The van der Waals surface area contributed by atoms with Crippen molar-refractivity contribution in [3.05, 3.63) is 27.7 Å². The molecule has 1 fully saturated rings. The van der Waals surface area contributed by atoms with Crippen molar-refractivity contribution in [2.24, 2.45) is 0 Å². The molecular formula is C12H14Cl2O3. The van der Waals surface area contributed by atoms with E-state index in [0.717, 1.165) is 12.8 Å². The van der Waals surface area contributed by atoms with Gasteiger partial charge in [-0.15, -0.1) is 0 Å². The molecule has 5 heteroatoms. The zero-order valence-corrected chi connectivity index (χ0v) is 10.8. The standard InChI is InChI=1S/C12H14Cl2O3/c13-9-5-8(7-15)12(11(14)6-9)17-10-1-3-16-4-2-10/h5-6,10,15H,1-4,7H2. The normalized spacial score (nSPS) is 17.1. The van der Waals surface area contributed by atoms with Crippen LogP contribution in [-0.2, 0) is 11.3 Å². The van der Waals surface area contributed by atoms with Gasteiger partial charge in [-0.25, -0.2) is 0 Å². The molecule has 0 atom stereocenters. The topological polar surface area (TPSA) is 38.7 Å². The summed E-state index contributed by atoms with van der Waals surface area (Å²) in [4.78, 5) is 0. The molecule has 0 saturated carbocycles. The highest BCUT2D eigenvalue weighted by molar-refractivity contribution is 6.35. The summed E-state index contributed by atoms with van der Waals surface area (Å²) in [7, 11) is 0. The molecule has 2 rings (SSSR count). The van der Waals surface area contributed by atoms with E-state index in [1.165, 1.54) is 0 Å². The summed E-state index contributed by atoms with van der Waals surface area (Å²) >= 11 is 12.0. The van der Waals surface area contributed by atoms with Crippen LogP contribution in [0.15, 0.2) is 12.1 Å². The summed E-state index contributed by atoms with van der Waals surface area (Å²) in [6.07, 6.45) is 1.76. The fourth-order valence-electron chi connectivity index (χ4n) is 1.82. The summed E-state index contributed by atoms with van der Waals surface area (Å²) < 4.78 is 11.1. The molecular weight excluding hydrogens is 263 g/mol. The van der Waals surface area contributed by atoms with E-state index in [2.05, 4.69) is 0 Å². The van der Waals surface area contributed by atoms with E-state index in [4.69, 9.17) is 32.7 Å². The summed E-state index contributed by atoms with van der Waals surface area (Å²) in [5, 5.41) is 10.2. The van der Waals surface area contributed by atoms with E-state index in [1.54, 1.807) is 12.1 Å². The zero-order valence-electron chi connectivity index (χ0n) is 9.29. The summed E-state index contributed by atoms with van der Waals surface area (Å²) in [6, 6.07) is 3.29. The van der Waals surface area contributed by atoms with Gasteiger partial charge in [-0.2, -0.15) is 0 Å². The molecule has 94 valence electrons. The number of hydrogen-bond acceptors (Lipinski definition) is 3. The number of ether oxygens (including phenoxy) is 2. The van der Waals surface area contributed by atoms with Crippen molar-refractivity contribution in [3.63, 3.8) is 0 Å². The van der Waals surface area contributed by atoms with Gasteiger partial charge in [-0.3, -0.25) is 0 Å². The number of aliphatic hydroxyl groups excluding tert-OH is 1. The Balaban J connectivity index is 2.18. The average Bonchev–Trinajstić information content (AvgIpc) is 2.33. The van der Waals surface area contributed by atoms with Gasteiger partial charge < -0.3 is 14.6 Å². The molecule has 0 aromatic heterocycles. The third-order valence-electron chi connectivity index (χ3n) is 2.71. The van der Waals surface area contributed by atoms with Crippen LogP contribution in [0.25, 0.3) is 0 Å². The monoisotopic (exact) mass is 276 g/mol.